The van der Waals surface area contributed by atoms with Gasteiger partial charge in [0.05, 0.1) is 18.0 Å². The Labute approximate surface area is 215 Å². The summed E-state index contributed by atoms with van der Waals surface area (Å²) in [5, 5.41) is 3.97. The summed E-state index contributed by atoms with van der Waals surface area (Å²) >= 11 is 3.13. The van der Waals surface area contributed by atoms with Crippen molar-refractivity contribution in [3.05, 3.63) is 68.5 Å². The van der Waals surface area contributed by atoms with E-state index >= 15 is 0 Å². The normalized spacial score (nSPS) is 15.1. The second kappa shape index (κ2) is 11.7. The Morgan fingerprint density at radius 1 is 1.09 bits per heavy atom. The van der Waals surface area contributed by atoms with Crippen molar-refractivity contribution in [2.24, 2.45) is 5.92 Å². The van der Waals surface area contributed by atoms with Gasteiger partial charge in [0, 0.05) is 18.0 Å². The molecule has 0 fully saturated rings. The van der Waals surface area contributed by atoms with E-state index in [1.54, 1.807) is 23.3 Å². The van der Waals surface area contributed by atoms with Crippen LogP contribution in [0.4, 0.5) is 0 Å². The van der Waals surface area contributed by atoms with E-state index in [-0.39, 0.29) is 24.4 Å². The van der Waals surface area contributed by atoms with Crippen molar-refractivity contribution >= 4 is 34.5 Å². The first-order valence-corrected chi connectivity index (χ1v) is 13.7. The Hall–Kier alpha value is -2.84. The topological polar surface area (TPSA) is 59.1 Å². The highest BCUT2D eigenvalue weighted by atomic mass is 32.1. The third-order valence-electron chi connectivity index (χ3n) is 6.20. The smallest absolute Gasteiger partial charge is 0.264 e. The van der Waals surface area contributed by atoms with Crippen molar-refractivity contribution in [2.75, 3.05) is 33.4 Å². The van der Waals surface area contributed by atoms with E-state index in [0.29, 0.717) is 42.0 Å². The molecular formula is C27H32N2O4S2. The maximum Gasteiger partial charge on any atom is 0.264 e. The maximum absolute atomic E-state index is 13.7. The van der Waals surface area contributed by atoms with Crippen molar-refractivity contribution < 1.29 is 19.1 Å². The zero-order valence-electron chi connectivity index (χ0n) is 20.4. The molecule has 1 aliphatic heterocycles. The van der Waals surface area contributed by atoms with Gasteiger partial charge in [-0.1, -0.05) is 32.0 Å². The number of hydrogen-bond acceptors (Lipinski definition) is 6. The molecule has 0 saturated heterocycles. The van der Waals surface area contributed by atoms with Gasteiger partial charge in [-0.3, -0.25) is 9.59 Å². The van der Waals surface area contributed by atoms with E-state index in [0.717, 1.165) is 18.4 Å². The minimum Gasteiger partial charge on any atom is -0.493 e. The van der Waals surface area contributed by atoms with Gasteiger partial charge in [0.2, 0.25) is 5.91 Å². The molecule has 0 saturated carbocycles. The highest BCUT2D eigenvalue weighted by Gasteiger charge is 2.34. The minimum atomic E-state index is -0.216. The van der Waals surface area contributed by atoms with Crippen LogP contribution < -0.4 is 9.47 Å². The molecule has 186 valence electrons. The number of ether oxygens (including phenoxy) is 2. The molecule has 8 heteroatoms. The first-order chi connectivity index (χ1) is 17.0. The molecule has 4 rings (SSSR count). The summed E-state index contributed by atoms with van der Waals surface area (Å²) in [4.78, 5) is 32.4. The quantitative estimate of drug-likeness (QED) is 0.359. The molecule has 0 bridgehead atoms. The van der Waals surface area contributed by atoms with Crippen LogP contribution in [0.5, 0.6) is 11.5 Å². The predicted molar refractivity (Wildman–Crippen MR) is 141 cm³/mol. The number of hydrogen-bond donors (Lipinski definition) is 0. The predicted octanol–water partition coefficient (Wildman–Crippen LogP) is 5.51. The summed E-state index contributed by atoms with van der Waals surface area (Å²) in [6.45, 7) is 5.81. The van der Waals surface area contributed by atoms with Gasteiger partial charge in [0.25, 0.3) is 5.91 Å². The SMILES string of the molecule is COc1ccccc1OCC1c2ccsc2CCN1C(=O)CN(CCC(C)C)C(=O)c1cccs1. The summed E-state index contributed by atoms with van der Waals surface area (Å²) in [6, 6.07) is 13.1. The van der Waals surface area contributed by atoms with Gasteiger partial charge in [-0.15, -0.1) is 22.7 Å². The molecule has 1 aromatic carbocycles. The lowest BCUT2D eigenvalue weighted by molar-refractivity contribution is -0.135. The van der Waals surface area contributed by atoms with E-state index in [2.05, 4.69) is 25.3 Å². The molecule has 0 radical (unpaired) electrons. The lowest BCUT2D eigenvalue weighted by atomic mass is 10.00. The van der Waals surface area contributed by atoms with Crippen LogP contribution in [0.2, 0.25) is 0 Å². The summed E-state index contributed by atoms with van der Waals surface area (Å²) in [7, 11) is 1.62. The van der Waals surface area contributed by atoms with Gasteiger partial charge < -0.3 is 19.3 Å². The number of benzene rings is 1. The van der Waals surface area contributed by atoms with Crippen LogP contribution >= 0.6 is 22.7 Å². The lowest BCUT2D eigenvalue weighted by Crippen LogP contribution is -2.48. The first-order valence-electron chi connectivity index (χ1n) is 11.9. The molecule has 1 unspecified atom stereocenters. The van der Waals surface area contributed by atoms with Crippen molar-refractivity contribution in [3.8, 4) is 11.5 Å². The highest BCUT2D eigenvalue weighted by molar-refractivity contribution is 7.12. The Bertz CT molecular complexity index is 1130. The van der Waals surface area contributed by atoms with Gasteiger partial charge in [0.1, 0.15) is 13.2 Å². The number of thiophene rings is 2. The average Bonchev–Trinajstić information content (AvgIpc) is 3.57. The largest absolute Gasteiger partial charge is 0.493 e. The number of rotatable bonds is 10. The Morgan fingerprint density at radius 2 is 1.89 bits per heavy atom. The summed E-state index contributed by atoms with van der Waals surface area (Å²) < 4.78 is 11.6. The molecular weight excluding hydrogens is 480 g/mol. The third-order valence-corrected chi connectivity index (χ3v) is 8.06. The summed E-state index contributed by atoms with van der Waals surface area (Å²) in [5.74, 6) is 1.62. The molecule has 0 N–H and O–H groups in total. The van der Waals surface area contributed by atoms with Crippen LogP contribution in [-0.2, 0) is 11.2 Å². The summed E-state index contributed by atoms with van der Waals surface area (Å²) in [6.07, 6.45) is 1.66. The molecule has 35 heavy (non-hydrogen) atoms. The van der Waals surface area contributed by atoms with E-state index in [1.165, 1.54) is 16.2 Å². The van der Waals surface area contributed by atoms with Crippen LogP contribution in [0, 0.1) is 5.92 Å². The zero-order chi connectivity index (χ0) is 24.8. The van der Waals surface area contributed by atoms with Gasteiger partial charge in [-0.2, -0.15) is 0 Å². The van der Waals surface area contributed by atoms with E-state index < -0.39 is 0 Å². The Morgan fingerprint density at radius 3 is 2.60 bits per heavy atom. The Balaban J connectivity index is 1.53. The molecule has 6 nitrogen and oxygen atoms in total. The van der Waals surface area contributed by atoms with Gasteiger partial charge >= 0.3 is 0 Å². The maximum atomic E-state index is 13.7. The number of amides is 2. The van der Waals surface area contributed by atoms with Crippen molar-refractivity contribution in [1.29, 1.82) is 0 Å². The second-order valence-electron chi connectivity index (χ2n) is 9.00. The van der Waals surface area contributed by atoms with E-state index in [9.17, 15) is 9.59 Å². The molecule has 0 aliphatic carbocycles. The molecule has 1 atom stereocenters. The number of carbonyl (C=O) groups excluding carboxylic acids is 2. The number of nitrogens with zero attached hydrogens (tertiary/aromatic N) is 2. The molecule has 2 amide bonds. The summed E-state index contributed by atoms with van der Waals surface area (Å²) in [5.41, 5.74) is 1.13. The number of para-hydroxylation sites is 2. The third kappa shape index (κ3) is 6.05. The van der Waals surface area contributed by atoms with Crippen molar-refractivity contribution in [2.45, 2.75) is 32.7 Å². The van der Waals surface area contributed by atoms with E-state index in [4.69, 9.17) is 9.47 Å². The lowest BCUT2D eigenvalue weighted by Gasteiger charge is -2.37. The molecule has 0 spiro atoms. The molecule has 1 aliphatic rings. The van der Waals surface area contributed by atoms with Gasteiger partial charge in [-0.05, 0) is 59.3 Å². The van der Waals surface area contributed by atoms with Crippen molar-refractivity contribution in [3.63, 3.8) is 0 Å². The van der Waals surface area contributed by atoms with Crippen LogP contribution in [-0.4, -0.2) is 55.0 Å². The van der Waals surface area contributed by atoms with Crippen molar-refractivity contribution in [1.82, 2.24) is 9.80 Å². The fraction of sp³-hybridized carbons (Fsp3) is 0.407. The highest BCUT2D eigenvalue weighted by Crippen LogP contribution is 2.35. The van der Waals surface area contributed by atoms with Gasteiger partial charge in [-0.25, -0.2) is 0 Å². The van der Waals surface area contributed by atoms with Crippen LogP contribution in [0.25, 0.3) is 0 Å². The number of methoxy groups -OCH3 is 1. The fourth-order valence-corrected chi connectivity index (χ4v) is 5.88. The monoisotopic (exact) mass is 512 g/mol. The van der Waals surface area contributed by atoms with Crippen LogP contribution in [0.3, 0.4) is 0 Å². The first kappa shape index (κ1) is 25.3. The fourth-order valence-electron chi connectivity index (χ4n) is 4.26. The standard InChI is InChI=1S/C27H32N2O4S2/c1-19(2)10-13-28(27(31)25-9-6-15-34-25)17-26(30)29-14-11-24-20(12-16-35-24)21(29)18-33-23-8-5-4-7-22(23)32-3/h4-9,12,15-16,19,21H,10-11,13-14,17-18H2,1-3H3. The van der Waals surface area contributed by atoms with Crippen LogP contribution in [0.15, 0.2) is 53.2 Å². The van der Waals surface area contributed by atoms with Crippen LogP contribution in [0.1, 0.15) is 46.4 Å². The Kier molecular flexibility index (Phi) is 8.46. The molecule has 3 heterocycles. The number of carbonyl (C=O) groups is 2. The second-order valence-corrected chi connectivity index (χ2v) is 10.9. The number of fused-ring (bicyclic) bond motifs is 1. The molecule has 2 aromatic heterocycles. The average molecular weight is 513 g/mol. The minimum absolute atomic E-state index is 0.0517. The van der Waals surface area contributed by atoms with Gasteiger partial charge in [0.15, 0.2) is 11.5 Å². The zero-order valence-corrected chi connectivity index (χ0v) is 22.1. The van der Waals surface area contributed by atoms with E-state index in [1.807, 2.05) is 46.7 Å². The molecule has 3 aromatic rings.